The molecule has 0 saturated heterocycles. The van der Waals surface area contributed by atoms with Gasteiger partial charge >= 0.3 is 0 Å². The Morgan fingerprint density at radius 2 is 2.24 bits per heavy atom. The zero-order valence-corrected chi connectivity index (χ0v) is 11.2. The fourth-order valence-electron chi connectivity index (χ4n) is 2.38. The Morgan fingerprint density at radius 3 is 2.65 bits per heavy atom. The third-order valence-electron chi connectivity index (χ3n) is 3.41. The third-order valence-corrected chi connectivity index (χ3v) is 3.41. The van der Waals surface area contributed by atoms with E-state index < -0.39 is 0 Å². The van der Waals surface area contributed by atoms with E-state index in [0.29, 0.717) is 12.5 Å². The average molecular weight is 239 g/mol. The first-order valence-corrected chi connectivity index (χ1v) is 6.30. The SMILES string of the molecule is CC(C)CC(CN)(CO)CCc1nccn1C. The predicted octanol–water partition coefficient (Wildman–Crippen LogP) is 1.34. The molecule has 1 unspecified atom stereocenters. The summed E-state index contributed by atoms with van der Waals surface area (Å²) in [7, 11) is 1.99. The highest BCUT2D eigenvalue weighted by Gasteiger charge is 2.29. The number of rotatable bonds is 7. The molecular formula is C13H25N3O. The van der Waals surface area contributed by atoms with Crippen molar-refractivity contribution in [3.8, 4) is 0 Å². The summed E-state index contributed by atoms with van der Waals surface area (Å²) in [6.45, 7) is 5.03. The number of imidazole rings is 1. The molecule has 0 fully saturated rings. The highest BCUT2D eigenvalue weighted by Crippen LogP contribution is 2.30. The molecular weight excluding hydrogens is 214 g/mol. The number of aliphatic hydroxyl groups excluding tert-OH is 1. The van der Waals surface area contributed by atoms with Gasteiger partial charge in [0.25, 0.3) is 0 Å². The van der Waals surface area contributed by atoms with Crippen LogP contribution in [0.15, 0.2) is 12.4 Å². The van der Waals surface area contributed by atoms with Crippen LogP contribution in [0.25, 0.3) is 0 Å². The van der Waals surface area contributed by atoms with E-state index in [1.54, 1.807) is 6.20 Å². The highest BCUT2D eigenvalue weighted by molar-refractivity contribution is 4.94. The molecule has 0 bridgehead atoms. The van der Waals surface area contributed by atoms with Gasteiger partial charge in [-0.05, 0) is 18.8 Å². The Hall–Kier alpha value is -0.870. The van der Waals surface area contributed by atoms with Gasteiger partial charge in [0.2, 0.25) is 0 Å². The number of hydrogen-bond acceptors (Lipinski definition) is 3. The molecule has 0 spiro atoms. The number of nitrogens with zero attached hydrogens (tertiary/aromatic N) is 2. The Morgan fingerprint density at radius 1 is 1.53 bits per heavy atom. The minimum atomic E-state index is -0.153. The first-order valence-electron chi connectivity index (χ1n) is 6.30. The summed E-state index contributed by atoms with van der Waals surface area (Å²) in [5.41, 5.74) is 5.70. The minimum absolute atomic E-state index is 0.153. The van der Waals surface area contributed by atoms with Crippen molar-refractivity contribution in [2.45, 2.75) is 33.1 Å². The first kappa shape index (κ1) is 14.2. The standard InChI is InChI=1S/C13H25N3O/c1-11(2)8-13(9-14,10-17)5-4-12-15-6-7-16(12)3/h6-7,11,17H,4-5,8-10,14H2,1-3H3. The van der Waals surface area contributed by atoms with Gasteiger partial charge in [0.05, 0.1) is 0 Å². The topological polar surface area (TPSA) is 64.1 Å². The van der Waals surface area contributed by atoms with Crippen molar-refractivity contribution in [3.05, 3.63) is 18.2 Å². The van der Waals surface area contributed by atoms with Gasteiger partial charge in [-0.25, -0.2) is 4.98 Å². The summed E-state index contributed by atoms with van der Waals surface area (Å²) in [5, 5.41) is 9.62. The molecule has 98 valence electrons. The highest BCUT2D eigenvalue weighted by atomic mass is 16.3. The molecule has 3 N–H and O–H groups in total. The van der Waals surface area contributed by atoms with Crippen molar-refractivity contribution >= 4 is 0 Å². The van der Waals surface area contributed by atoms with Crippen LogP contribution in [0.4, 0.5) is 0 Å². The molecule has 17 heavy (non-hydrogen) atoms. The van der Waals surface area contributed by atoms with Crippen LogP contribution in [0.1, 0.15) is 32.5 Å². The van der Waals surface area contributed by atoms with Crippen LogP contribution < -0.4 is 5.73 Å². The Balaban J connectivity index is 2.64. The molecule has 4 heteroatoms. The summed E-state index contributed by atoms with van der Waals surface area (Å²) in [5.74, 6) is 1.60. The van der Waals surface area contributed by atoms with Gasteiger partial charge in [-0.2, -0.15) is 0 Å². The van der Waals surface area contributed by atoms with Crippen LogP contribution in [0.5, 0.6) is 0 Å². The Labute approximate surface area is 104 Å². The van der Waals surface area contributed by atoms with Gasteiger partial charge < -0.3 is 15.4 Å². The van der Waals surface area contributed by atoms with Crippen LogP contribution in [-0.4, -0.2) is 27.8 Å². The molecule has 0 amide bonds. The van der Waals surface area contributed by atoms with E-state index >= 15 is 0 Å². The van der Waals surface area contributed by atoms with Gasteiger partial charge in [0.15, 0.2) is 0 Å². The molecule has 1 rings (SSSR count). The second-order valence-corrected chi connectivity index (χ2v) is 5.41. The number of aromatic nitrogens is 2. The third kappa shape index (κ3) is 3.82. The second-order valence-electron chi connectivity index (χ2n) is 5.41. The maximum absolute atomic E-state index is 9.62. The van der Waals surface area contributed by atoms with Crippen LogP contribution in [0, 0.1) is 11.3 Å². The lowest BCUT2D eigenvalue weighted by atomic mass is 9.77. The Kier molecular flexibility index (Phi) is 5.15. The van der Waals surface area contributed by atoms with Crippen molar-refractivity contribution in [2.24, 2.45) is 24.1 Å². The lowest BCUT2D eigenvalue weighted by Crippen LogP contribution is -2.36. The molecule has 0 aromatic carbocycles. The molecule has 4 nitrogen and oxygen atoms in total. The predicted molar refractivity (Wildman–Crippen MR) is 69.6 cm³/mol. The summed E-state index contributed by atoms with van der Waals surface area (Å²) in [4.78, 5) is 4.31. The number of hydrogen-bond donors (Lipinski definition) is 2. The van der Waals surface area contributed by atoms with E-state index in [1.807, 2.05) is 17.8 Å². The van der Waals surface area contributed by atoms with Crippen LogP contribution >= 0.6 is 0 Å². The molecule has 1 heterocycles. The zero-order chi connectivity index (χ0) is 12.9. The number of nitrogens with two attached hydrogens (primary N) is 1. The molecule has 1 atom stereocenters. The van der Waals surface area contributed by atoms with Gasteiger partial charge in [0, 0.05) is 44.4 Å². The van der Waals surface area contributed by atoms with E-state index in [1.165, 1.54) is 0 Å². The van der Waals surface area contributed by atoms with Crippen LogP contribution in [0.2, 0.25) is 0 Å². The molecule has 0 saturated carbocycles. The lowest BCUT2D eigenvalue weighted by molar-refractivity contribution is 0.0982. The minimum Gasteiger partial charge on any atom is -0.396 e. The van der Waals surface area contributed by atoms with Crippen molar-refractivity contribution in [1.82, 2.24) is 9.55 Å². The summed E-state index contributed by atoms with van der Waals surface area (Å²) < 4.78 is 2.02. The monoisotopic (exact) mass is 239 g/mol. The summed E-state index contributed by atoms with van der Waals surface area (Å²) in [6, 6.07) is 0. The van der Waals surface area contributed by atoms with Crippen LogP contribution in [0.3, 0.4) is 0 Å². The van der Waals surface area contributed by atoms with E-state index in [2.05, 4.69) is 18.8 Å². The normalized spacial score (nSPS) is 15.2. The molecule has 0 radical (unpaired) electrons. The lowest BCUT2D eigenvalue weighted by Gasteiger charge is -2.32. The maximum atomic E-state index is 9.62. The summed E-state index contributed by atoms with van der Waals surface area (Å²) in [6.07, 6.45) is 6.48. The van der Waals surface area contributed by atoms with Gasteiger partial charge in [-0.15, -0.1) is 0 Å². The van der Waals surface area contributed by atoms with Crippen molar-refractivity contribution in [2.75, 3.05) is 13.2 Å². The Bertz CT molecular complexity index is 329. The van der Waals surface area contributed by atoms with E-state index in [-0.39, 0.29) is 12.0 Å². The van der Waals surface area contributed by atoms with Crippen molar-refractivity contribution in [1.29, 1.82) is 0 Å². The van der Waals surface area contributed by atoms with Crippen molar-refractivity contribution < 1.29 is 5.11 Å². The molecule has 0 aliphatic heterocycles. The van der Waals surface area contributed by atoms with Gasteiger partial charge in [-0.3, -0.25) is 0 Å². The number of aliphatic hydroxyl groups is 1. The second kappa shape index (κ2) is 6.17. The zero-order valence-electron chi connectivity index (χ0n) is 11.2. The summed E-state index contributed by atoms with van der Waals surface area (Å²) >= 11 is 0. The molecule has 1 aromatic rings. The first-order chi connectivity index (χ1) is 8.03. The fourth-order valence-corrected chi connectivity index (χ4v) is 2.38. The van der Waals surface area contributed by atoms with Gasteiger partial charge in [0.1, 0.15) is 5.82 Å². The quantitative estimate of drug-likeness (QED) is 0.754. The number of aryl methyl sites for hydroxylation is 2. The largest absolute Gasteiger partial charge is 0.396 e. The molecule has 1 aromatic heterocycles. The van der Waals surface area contributed by atoms with E-state index in [9.17, 15) is 5.11 Å². The van der Waals surface area contributed by atoms with Crippen molar-refractivity contribution in [3.63, 3.8) is 0 Å². The van der Waals surface area contributed by atoms with E-state index in [4.69, 9.17) is 5.73 Å². The molecule has 0 aliphatic carbocycles. The maximum Gasteiger partial charge on any atom is 0.108 e. The van der Waals surface area contributed by atoms with Crippen LogP contribution in [-0.2, 0) is 13.5 Å². The van der Waals surface area contributed by atoms with Gasteiger partial charge in [-0.1, -0.05) is 13.8 Å². The molecule has 0 aliphatic rings. The van der Waals surface area contributed by atoms with E-state index in [0.717, 1.165) is 25.1 Å². The average Bonchev–Trinajstić information content (AvgIpc) is 2.70. The fraction of sp³-hybridized carbons (Fsp3) is 0.769. The smallest absolute Gasteiger partial charge is 0.108 e.